The Bertz CT molecular complexity index is 936. The molecule has 0 aliphatic carbocycles. The second kappa shape index (κ2) is 6.95. The molecule has 3 heterocycles. The first-order valence-corrected chi connectivity index (χ1v) is 12.0. The van der Waals surface area contributed by atoms with E-state index in [1.54, 1.807) is 0 Å². The van der Waals surface area contributed by atoms with Gasteiger partial charge in [0.05, 0.1) is 17.5 Å². The van der Waals surface area contributed by atoms with Crippen LogP contribution in [0.4, 0.5) is 5.69 Å². The zero-order chi connectivity index (χ0) is 20.1. The van der Waals surface area contributed by atoms with Crippen LogP contribution >= 0.6 is 11.8 Å². The van der Waals surface area contributed by atoms with Gasteiger partial charge < -0.3 is 14.4 Å². The number of thioether (sulfide) groups is 1. The molecule has 0 N–H and O–H groups in total. The van der Waals surface area contributed by atoms with E-state index in [2.05, 4.69) is 4.99 Å². The molecule has 1 aromatic carbocycles. The lowest BCUT2D eigenvalue weighted by Crippen LogP contribution is -2.37. The number of aliphatic imine (C=N–C) groups is 1. The molecule has 0 unspecified atom stereocenters. The Labute approximate surface area is 169 Å². The normalized spacial score (nSPS) is 27.1. The van der Waals surface area contributed by atoms with Crippen molar-refractivity contribution in [2.45, 2.75) is 38.5 Å². The Hall–Kier alpha value is -1.74. The van der Waals surface area contributed by atoms with Gasteiger partial charge in [-0.25, -0.2) is 8.42 Å². The maximum absolute atomic E-state index is 12.5. The molecule has 4 rings (SSSR count). The molecular weight excluding hydrogens is 400 g/mol. The average molecular weight is 425 g/mol. The Morgan fingerprint density at radius 1 is 1.21 bits per heavy atom. The number of nitrogens with zero attached hydrogens (tertiary/aromatic N) is 2. The van der Waals surface area contributed by atoms with Crippen molar-refractivity contribution in [2.75, 3.05) is 29.6 Å². The van der Waals surface area contributed by atoms with Crippen LogP contribution in [0.5, 0.6) is 11.5 Å². The molecule has 2 saturated heterocycles. The van der Waals surface area contributed by atoms with Crippen LogP contribution in [0.1, 0.15) is 27.2 Å². The highest BCUT2D eigenvalue weighted by Crippen LogP contribution is 2.43. The maximum atomic E-state index is 12.5. The Balaban J connectivity index is 1.70. The number of benzene rings is 1. The predicted molar refractivity (Wildman–Crippen MR) is 110 cm³/mol. The summed E-state index contributed by atoms with van der Waals surface area (Å²) < 4.78 is 35.6. The summed E-state index contributed by atoms with van der Waals surface area (Å²) in [7, 11) is -3.10. The van der Waals surface area contributed by atoms with Crippen molar-refractivity contribution in [3.8, 4) is 11.5 Å². The van der Waals surface area contributed by atoms with E-state index in [4.69, 9.17) is 9.47 Å². The summed E-state index contributed by atoms with van der Waals surface area (Å²) in [5.41, 5.74) is 0.606. The number of sulfone groups is 1. The summed E-state index contributed by atoms with van der Waals surface area (Å²) >= 11 is 1.38. The fourth-order valence-electron chi connectivity index (χ4n) is 3.65. The minimum Gasteiger partial charge on any atom is -0.486 e. The smallest absolute Gasteiger partial charge is 0.248 e. The van der Waals surface area contributed by atoms with E-state index in [1.165, 1.54) is 11.8 Å². The number of amides is 1. The summed E-state index contributed by atoms with van der Waals surface area (Å²) in [4.78, 5) is 18.7. The van der Waals surface area contributed by atoms with Gasteiger partial charge in [-0.15, -0.1) is 0 Å². The third kappa shape index (κ3) is 4.00. The lowest BCUT2D eigenvalue weighted by molar-refractivity contribution is -0.119. The molecule has 28 heavy (non-hydrogen) atoms. The second-order valence-corrected chi connectivity index (χ2v) is 11.9. The van der Waals surface area contributed by atoms with E-state index in [9.17, 15) is 13.2 Å². The van der Waals surface area contributed by atoms with Gasteiger partial charge in [-0.2, -0.15) is 4.99 Å². The van der Waals surface area contributed by atoms with Crippen LogP contribution in [0.15, 0.2) is 23.2 Å². The Morgan fingerprint density at radius 2 is 1.93 bits per heavy atom. The molecule has 0 saturated carbocycles. The number of carbonyl (C=O) groups excluding carboxylic acids is 1. The Morgan fingerprint density at radius 3 is 2.64 bits per heavy atom. The van der Waals surface area contributed by atoms with Crippen LogP contribution in [0, 0.1) is 5.41 Å². The van der Waals surface area contributed by atoms with Gasteiger partial charge >= 0.3 is 0 Å². The van der Waals surface area contributed by atoms with E-state index in [-0.39, 0.29) is 34.1 Å². The van der Waals surface area contributed by atoms with Crippen molar-refractivity contribution in [1.82, 2.24) is 0 Å². The number of ether oxygens (including phenoxy) is 2. The van der Waals surface area contributed by atoms with E-state index < -0.39 is 9.84 Å². The topological polar surface area (TPSA) is 85.3 Å². The molecule has 9 heteroatoms. The zero-order valence-electron chi connectivity index (χ0n) is 16.2. The van der Waals surface area contributed by atoms with Gasteiger partial charge in [-0.3, -0.25) is 4.79 Å². The van der Waals surface area contributed by atoms with Crippen molar-refractivity contribution in [1.29, 1.82) is 0 Å². The fraction of sp³-hybridized carbons (Fsp3) is 0.579. The third-order valence-electron chi connectivity index (χ3n) is 4.77. The maximum Gasteiger partial charge on any atom is 0.248 e. The number of hydrogen-bond acceptors (Lipinski definition) is 6. The van der Waals surface area contributed by atoms with Crippen LogP contribution in [0.3, 0.4) is 0 Å². The molecule has 7 nitrogen and oxygen atoms in total. The SMILES string of the molecule is CC(C)(C)CC(=O)N=C1S[C@@H]2CS(=O)(=O)C[C@@H]2N1c1ccc2c(c1)OCCO2. The van der Waals surface area contributed by atoms with Crippen molar-refractivity contribution >= 4 is 38.4 Å². The molecule has 0 spiro atoms. The van der Waals surface area contributed by atoms with Crippen LogP contribution < -0.4 is 14.4 Å². The molecule has 3 aliphatic heterocycles. The van der Waals surface area contributed by atoms with Crippen molar-refractivity contribution in [3.05, 3.63) is 18.2 Å². The molecule has 1 aromatic rings. The first-order chi connectivity index (χ1) is 13.1. The number of amidine groups is 1. The van der Waals surface area contributed by atoms with E-state index in [0.29, 0.717) is 36.3 Å². The molecule has 3 aliphatic rings. The number of fused-ring (bicyclic) bond motifs is 2. The summed E-state index contributed by atoms with van der Waals surface area (Å²) in [5, 5.41) is 0.440. The first kappa shape index (κ1) is 19.6. The minimum atomic E-state index is -3.10. The molecule has 2 fully saturated rings. The van der Waals surface area contributed by atoms with Crippen molar-refractivity contribution < 1.29 is 22.7 Å². The standard InChI is InChI=1S/C19H24N2O5S2/c1-19(2,3)9-17(22)20-18-21(13-10-28(23,24)11-16(13)27-18)12-4-5-14-15(8-12)26-7-6-25-14/h4-5,8,13,16H,6-7,9-11H2,1-3H3/t13-,16+/m0/s1. The van der Waals surface area contributed by atoms with Crippen molar-refractivity contribution in [2.24, 2.45) is 10.4 Å². The van der Waals surface area contributed by atoms with E-state index in [1.807, 2.05) is 43.9 Å². The number of hydrogen-bond donors (Lipinski definition) is 0. The zero-order valence-corrected chi connectivity index (χ0v) is 17.8. The molecule has 0 bridgehead atoms. The van der Waals surface area contributed by atoms with Gasteiger partial charge in [0.2, 0.25) is 5.91 Å². The lowest BCUT2D eigenvalue weighted by Gasteiger charge is -2.27. The highest BCUT2D eigenvalue weighted by atomic mass is 32.2. The van der Waals surface area contributed by atoms with Crippen LogP contribution in [-0.4, -0.2) is 55.5 Å². The van der Waals surface area contributed by atoms with Gasteiger partial charge in [-0.05, 0) is 17.5 Å². The minimum absolute atomic E-state index is 0.0611. The van der Waals surface area contributed by atoms with Gasteiger partial charge in [0.1, 0.15) is 13.2 Å². The summed E-state index contributed by atoms with van der Waals surface area (Å²) in [5.74, 6) is 1.26. The van der Waals surface area contributed by atoms with Gasteiger partial charge in [-0.1, -0.05) is 32.5 Å². The average Bonchev–Trinajstić information content (AvgIpc) is 3.03. The highest BCUT2D eigenvalue weighted by molar-refractivity contribution is 8.16. The third-order valence-corrected chi connectivity index (χ3v) is 7.98. The van der Waals surface area contributed by atoms with Crippen molar-refractivity contribution in [3.63, 3.8) is 0 Å². The molecule has 152 valence electrons. The summed E-state index contributed by atoms with van der Waals surface area (Å²) in [6.07, 6.45) is 0.333. The molecule has 1 amide bonds. The van der Waals surface area contributed by atoms with Crippen LogP contribution in [-0.2, 0) is 14.6 Å². The van der Waals surface area contributed by atoms with E-state index >= 15 is 0 Å². The highest BCUT2D eigenvalue weighted by Gasteiger charge is 2.49. The van der Waals surface area contributed by atoms with Crippen LogP contribution in [0.25, 0.3) is 0 Å². The Kier molecular flexibility index (Phi) is 4.86. The predicted octanol–water partition coefficient (Wildman–Crippen LogP) is 2.50. The first-order valence-electron chi connectivity index (χ1n) is 9.29. The fourth-order valence-corrected chi connectivity index (χ4v) is 7.58. The number of carbonyl (C=O) groups is 1. The summed E-state index contributed by atoms with van der Waals surface area (Å²) in [6, 6.07) is 5.29. The molecular formula is C19H24N2O5S2. The van der Waals surface area contributed by atoms with Gasteiger partial charge in [0, 0.05) is 23.4 Å². The second-order valence-electron chi connectivity index (χ2n) is 8.52. The molecule has 2 atom stereocenters. The largest absolute Gasteiger partial charge is 0.486 e. The summed E-state index contributed by atoms with van der Waals surface area (Å²) in [6.45, 7) is 6.95. The molecule has 0 aromatic heterocycles. The van der Waals surface area contributed by atoms with Gasteiger partial charge in [0.25, 0.3) is 0 Å². The van der Waals surface area contributed by atoms with Gasteiger partial charge in [0.15, 0.2) is 26.5 Å². The van der Waals surface area contributed by atoms with E-state index in [0.717, 1.165) is 5.69 Å². The quantitative estimate of drug-likeness (QED) is 0.721. The number of anilines is 1. The van der Waals surface area contributed by atoms with Crippen LogP contribution in [0.2, 0.25) is 0 Å². The molecule has 0 radical (unpaired) electrons. The monoisotopic (exact) mass is 424 g/mol. The number of rotatable bonds is 2. The lowest BCUT2D eigenvalue weighted by atomic mass is 9.92.